The molecule has 17 heteroatoms. The number of ether oxygens (including phenoxy) is 1. The fourth-order valence-corrected chi connectivity index (χ4v) is 2.76. The topological polar surface area (TPSA) is 151 Å². The molecule has 3 aromatic heterocycles. The predicted octanol–water partition coefficient (Wildman–Crippen LogP) is 4.00. The minimum atomic E-state index is -5.16. The van der Waals surface area contributed by atoms with Gasteiger partial charge in [-0.15, -0.1) is 5.10 Å². The van der Waals surface area contributed by atoms with Crippen LogP contribution in [0, 0.1) is 0 Å². The number of nitrogens with one attached hydrogen (secondary N) is 1. The molecule has 0 aliphatic carbocycles. The molecule has 0 aromatic carbocycles. The number of hydrogen-bond acceptors (Lipinski definition) is 8. The standard InChI is InChI=1S/C21H18F6N8O3/c1-19(2,3)38-18(37)33-17-29-6-11(7-30-17)12(15(28)36)8-35-9-31-16(34-35)10-4-13(20(22,23)24)32-14(5-10)21(25,26)27/h4-9H,1-3H3,(H2,28,36)(H,29,30,33,37)/b12-8+. The smallest absolute Gasteiger partial charge is 0.433 e. The summed E-state index contributed by atoms with van der Waals surface area (Å²) in [4.78, 5) is 37.9. The SMILES string of the molecule is CC(C)(C)OC(=O)Nc1ncc(/C(=C\n2cnc(-c3cc(C(F)(F)F)nc(C(F)(F)F)c3)n2)C(N)=O)cn1. The molecule has 0 aliphatic heterocycles. The van der Waals surface area contributed by atoms with Gasteiger partial charge in [0.05, 0.1) is 5.57 Å². The largest absolute Gasteiger partial charge is 0.444 e. The first-order valence-electron chi connectivity index (χ1n) is 10.3. The van der Waals surface area contributed by atoms with E-state index >= 15 is 0 Å². The van der Waals surface area contributed by atoms with Gasteiger partial charge in [-0.05, 0) is 32.9 Å². The van der Waals surface area contributed by atoms with E-state index in [9.17, 15) is 35.9 Å². The molecule has 0 aliphatic rings. The summed E-state index contributed by atoms with van der Waals surface area (Å²) >= 11 is 0. The molecule has 3 heterocycles. The first kappa shape index (κ1) is 28.0. The van der Waals surface area contributed by atoms with Crippen molar-refractivity contribution in [3.63, 3.8) is 0 Å². The van der Waals surface area contributed by atoms with Gasteiger partial charge in [-0.1, -0.05) is 0 Å². The molecule has 11 nitrogen and oxygen atoms in total. The molecule has 2 amide bonds. The van der Waals surface area contributed by atoms with E-state index in [0.29, 0.717) is 12.1 Å². The Morgan fingerprint density at radius 1 is 0.974 bits per heavy atom. The van der Waals surface area contributed by atoms with Gasteiger partial charge in [0.1, 0.15) is 23.3 Å². The van der Waals surface area contributed by atoms with Gasteiger partial charge in [0.25, 0.3) is 5.91 Å². The summed E-state index contributed by atoms with van der Waals surface area (Å²) in [6.45, 7) is 4.94. The van der Waals surface area contributed by atoms with E-state index < -0.39 is 52.7 Å². The van der Waals surface area contributed by atoms with Gasteiger partial charge >= 0.3 is 18.4 Å². The van der Waals surface area contributed by atoms with Crippen LogP contribution in [0.1, 0.15) is 37.7 Å². The van der Waals surface area contributed by atoms with Gasteiger partial charge in [0.15, 0.2) is 5.82 Å². The van der Waals surface area contributed by atoms with Gasteiger partial charge in [0, 0.05) is 29.7 Å². The van der Waals surface area contributed by atoms with Gasteiger partial charge in [-0.3, -0.25) is 10.1 Å². The highest BCUT2D eigenvalue weighted by Crippen LogP contribution is 2.35. The summed E-state index contributed by atoms with van der Waals surface area (Å²) in [6.07, 6.45) is -6.97. The van der Waals surface area contributed by atoms with Crippen LogP contribution in [0.15, 0.2) is 30.9 Å². The number of rotatable bonds is 5. The lowest BCUT2D eigenvalue weighted by atomic mass is 10.1. The quantitative estimate of drug-likeness (QED) is 0.361. The third-order valence-corrected chi connectivity index (χ3v) is 4.28. The van der Waals surface area contributed by atoms with Gasteiger partial charge in [0.2, 0.25) is 5.95 Å². The molecule has 3 rings (SSSR count). The van der Waals surface area contributed by atoms with Crippen LogP contribution in [-0.2, 0) is 21.9 Å². The second kappa shape index (κ2) is 10.1. The second-order valence-electron chi connectivity index (χ2n) is 8.50. The van der Waals surface area contributed by atoms with Crippen LogP contribution < -0.4 is 11.1 Å². The fraction of sp³-hybridized carbons (Fsp3) is 0.286. The number of carbonyl (C=O) groups is 2. The molecule has 3 aromatic rings. The highest BCUT2D eigenvalue weighted by molar-refractivity contribution is 6.22. The summed E-state index contributed by atoms with van der Waals surface area (Å²) in [5.41, 5.74) is 0.221. The maximum atomic E-state index is 13.1. The average molecular weight is 544 g/mol. The van der Waals surface area contributed by atoms with Crippen molar-refractivity contribution in [3.8, 4) is 11.4 Å². The number of primary amides is 1. The summed E-state index contributed by atoms with van der Waals surface area (Å²) in [5.74, 6) is -1.67. The first-order valence-corrected chi connectivity index (χ1v) is 10.3. The zero-order chi connectivity index (χ0) is 28.5. The number of hydrogen-bond donors (Lipinski definition) is 2. The molecule has 0 saturated carbocycles. The number of halogens is 6. The molecule has 202 valence electrons. The van der Waals surface area contributed by atoms with Crippen LogP contribution in [0.2, 0.25) is 0 Å². The van der Waals surface area contributed by atoms with Crippen molar-refractivity contribution in [1.82, 2.24) is 29.7 Å². The third kappa shape index (κ3) is 7.23. The molecule has 0 bridgehead atoms. The van der Waals surface area contributed by atoms with Gasteiger partial charge in [-0.25, -0.2) is 29.4 Å². The Kier molecular flexibility index (Phi) is 7.42. The summed E-state index contributed by atoms with van der Waals surface area (Å²) in [5, 5.41) is 6.09. The van der Waals surface area contributed by atoms with E-state index in [-0.39, 0.29) is 17.1 Å². The van der Waals surface area contributed by atoms with Crippen molar-refractivity contribution in [2.24, 2.45) is 5.73 Å². The van der Waals surface area contributed by atoms with Crippen LogP contribution in [0.4, 0.5) is 37.1 Å². The number of anilines is 1. The number of nitrogens with zero attached hydrogens (tertiary/aromatic N) is 6. The number of nitrogens with two attached hydrogens (primary N) is 1. The minimum absolute atomic E-state index is 0.0481. The molecule has 0 unspecified atom stereocenters. The fourth-order valence-electron chi connectivity index (χ4n) is 2.76. The van der Waals surface area contributed by atoms with Crippen molar-refractivity contribution >= 4 is 29.7 Å². The molecule has 38 heavy (non-hydrogen) atoms. The number of amides is 2. The Balaban J connectivity index is 1.91. The lowest BCUT2D eigenvalue weighted by molar-refractivity contribution is -0.150. The molecule has 0 radical (unpaired) electrons. The zero-order valence-electron chi connectivity index (χ0n) is 19.7. The second-order valence-corrected chi connectivity index (χ2v) is 8.50. The lowest BCUT2D eigenvalue weighted by Gasteiger charge is -2.19. The Bertz CT molecular complexity index is 1340. The lowest BCUT2D eigenvalue weighted by Crippen LogP contribution is -2.27. The molecular formula is C21H18F6N8O3. The molecule has 0 spiro atoms. The third-order valence-electron chi connectivity index (χ3n) is 4.28. The van der Waals surface area contributed by atoms with E-state index in [4.69, 9.17) is 10.5 Å². The van der Waals surface area contributed by atoms with E-state index in [0.717, 1.165) is 29.6 Å². The summed E-state index contributed by atoms with van der Waals surface area (Å²) in [7, 11) is 0. The van der Waals surface area contributed by atoms with Crippen LogP contribution in [-0.4, -0.2) is 47.3 Å². The van der Waals surface area contributed by atoms with Gasteiger partial charge < -0.3 is 10.5 Å². The number of pyridine rings is 1. The summed E-state index contributed by atoms with van der Waals surface area (Å²) in [6, 6.07) is 0.718. The number of carbonyl (C=O) groups excluding carboxylic acids is 2. The first-order chi connectivity index (χ1) is 17.4. The highest BCUT2D eigenvalue weighted by Gasteiger charge is 2.39. The Hall–Kier alpha value is -4.57. The van der Waals surface area contributed by atoms with E-state index in [1.807, 2.05) is 0 Å². The predicted molar refractivity (Wildman–Crippen MR) is 119 cm³/mol. The van der Waals surface area contributed by atoms with Crippen molar-refractivity contribution in [1.29, 1.82) is 0 Å². The number of alkyl halides is 6. The van der Waals surface area contributed by atoms with E-state index in [2.05, 4.69) is 30.4 Å². The van der Waals surface area contributed by atoms with Crippen molar-refractivity contribution < 1.29 is 40.7 Å². The minimum Gasteiger partial charge on any atom is -0.444 e. The maximum Gasteiger partial charge on any atom is 0.433 e. The normalized spacial score (nSPS) is 12.8. The Morgan fingerprint density at radius 3 is 2.00 bits per heavy atom. The molecular weight excluding hydrogens is 526 g/mol. The molecule has 0 atom stereocenters. The summed E-state index contributed by atoms with van der Waals surface area (Å²) < 4.78 is 84.5. The maximum absolute atomic E-state index is 13.1. The Morgan fingerprint density at radius 2 is 1.53 bits per heavy atom. The van der Waals surface area contributed by atoms with Crippen molar-refractivity contribution in [3.05, 3.63) is 47.8 Å². The molecule has 0 saturated heterocycles. The average Bonchev–Trinajstić information content (AvgIpc) is 3.24. The Labute approximate surface area is 209 Å². The molecule has 0 fully saturated rings. The van der Waals surface area contributed by atoms with Crippen LogP contribution in [0.25, 0.3) is 23.2 Å². The van der Waals surface area contributed by atoms with E-state index in [1.165, 1.54) is 0 Å². The number of aromatic nitrogens is 6. The molecule has 3 N–H and O–H groups in total. The highest BCUT2D eigenvalue weighted by atomic mass is 19.4. The zero-order valence-corrected chi connectivity index (χ0v) is 19.7. The van der Waals surface area contributed by atoms with Crippen LogP contribution >= 0.6 is 0 Å². The van der Waals surface area contributed by atoms with Crippen LogP contribution in [0.5, 0.6) is 0 Å². The van der Waals surface area contributed by atoms with Gasteiger partial charge in [-0.2, -0.15) is 26.3 Å². The van der Waals surface area contributed by atoms with E-state index in [1.54, 1.807) is 20.8 Å². The van der Waals surface area contributed by atoms with Crippen molar-refractivity contribution in [2.75, 3.05) is 5.32 Å². The monoisotopic (exact) mass is 544 g/mol. The van der Waals surface area contributed by atoms with Crippen LogP contribution in [0.3, 0.4) is 0 Å². The van der Waals surface area contributed by atoms with Crippen molar-refractivity contribution in [2.45, 2.75) is 38.7 Å².